The number of carboxylic acid groups (broad SMARTS) is 1. The molecule has 1 heterocycles. The Morgan fingerprint density at radius 3 is 2.00 bits per heavy atom. The number of carbonyl (C=O) groups is 4. The molecule has 0 aromatic rings. The van der Waals surface area contributed by atoms with Gasteiger partial charge in [-0.15, -0.1) is 0 Å². The molecule has 0 bridgehead atoms. The fourth-order valence-corrected chi connectivity index (χ4v) is 3.14. The molecule has 1 aliphatic heterocycles. The summed E-state index contributed by atoms with van der Waals surface area (Å²) in [4.78, 5) is 48.2. The molecule has 160 valence electrons. The summed E-state index contributed by atoms with van der Waals surface area (Å²) >= 11 is 0. The van der Waals surface area contributed by atoms with Gasteiger partial charge < -0.3 is 26.4 Å². The lowest BCUT2D eigenvalue weighted by atomic mass is 9.99. The van der Waals surface area contributed by atoms with Gasteiger partial charge in [0.1, 0.15) is 18.6 Å². The highest BCUT2D eigenvalue weighted by molar-refractivity contribution is 5.93. The largest absolute Gasteiger partial charge is 0.480 e. The second-order valence-electron chi connectivity index (χ2n) is 8.14. The molecule has 0 aromatic carbocycles. The molecular weight excluding hydrogens is 364 g/mol. The molecule has 1 saturated heterocycles. The van der Waals surface area contributed by atoms with Gasteiger partial charge in [-0.2, -0.15) is 0 Å². The molecular formula is C19H34N4O5. The van der Waals surface area contributed by atoms with Gasteiger partial charge in [0.25, 0.3) is 0 Å². The van der Waals surface area contributed by atoms with Gasteiger partial charge in [-0.25, -0.2) is 0 Å². The van der Waals surface area contributed by atoms with Crippen LogP contribution >= 0.6 is 0 Å². The second kappa shape index (κ2) is 11.6. The second-order valence-corrected chi connectivity index (χ2v) is 8.14. The van der Waals surface area contributed by atoms with Crippen LogP contribution in [0.1, 0.15) is 53.4 Å². The smallest absolute Gasteiger partial charge is 0.322 e. The van der Waals surface area contributed by atoms with Crippen LogP contribution in [0.25, 0.3) is 0 Å². The number of amides is 3. The average Bonchev–Trinajstić information content (AvgIpc) is 3.12. The fraction of sp³-hybridized carbons (Fsp3) is 0.789. The predicted molar refractivity (Wildman–Crippen MR) is 104 cm³/mol. The zero-order valence-corrected chi connectivity index (χ0v) is 17.2. The van der Waals surface area contributed by atoms with Crippen molar-refractivity contribution in [3.63, 3.8) is 0 Å². The monoisotopic (exact) mass is 398 g/mol. The Hall–Kier alpha value is -2.16. The standard InChI is InChI=1S/C19H34N4O5/c1-11(2)8-14(17(26)21-10-16(24)25)22-19(28)15(9-12(3)4)23-18(27)13-6-5-7-20-13/h11-15,20H,5-10H2,1-4H3,(H,21,26)(H,22,28)(H,23,27)(H,24,25)/t13-,14-,15-/m0/s1. The van der Waals surface area contributed by atoms with E-state index in [1.807, 2.05) is 27.7 Å². The minimum atomic E-state index is -1.16. The molecule has 9 nitrogen and oxygen atoms in total. The van der Waals surface area contributed by atoms with Gasteiger partial charge >= 0.3 is 5.97 Å². The summed E-state index contributed by atoms with van der Waals surface area (Å²) in [6.45, 7) is 7.98. The van der Waals surface area contributed by atoms with Crippen LogP contribution in [0.5, 0.6) is 0 Å². The lowest BCUT2D eigenvalue weighted by molar-refractivity contribution is -0.138. The summed E-state index contributed by atoms with van der Waals surface area (Å²) in [5.41, 5.74) is 0. The van der Waals surface area contributed by atoms with E-state index in [1.54, 1.807) is 0 Å². The lowest BCUT2D eigenvalue weighted by Crippen LogP contribution is -2.56. The first-order chi connectivity index (χ1) is 13.1. The number of hydrogen-bond acceptors (Lipinski definition) is 5. The van der Waals surface area contributed by atoms with E-state index in [2.05, 4.69) is 21.3 Å². The summed E-state index contributed by atoms with van der Waals surface area (Å²) in [6, 6.07) is -1.91. The van der Waals surface area contributed by atoms with E-state index in [0.29, 0.717) is 12.8 Å². The van der Waals surface area contributed by atoms with Crippen LogP contribution in [-0.2, 0) is 19.2 Å². The Labute approximate surface area is 166 Å². The zero-order chi connectivity index (χ0) is 21.3. The summed E-state index contributed by atoms with van der Waals surface area (Å²) in [5.74, 6) is -2.07. The third kappa shape index (κ3) is 8.69. The van der Waals surface area contributed by atoms with Crippen LogP contribution in [0.2, 0.25) is 0 Å². The van der Waals surface area contributed by atoms with Crippen LogP contribution in [0.4, 0.5) is 0 Å². The quantitative estimate of drug-likeness (QED) is 0.332. The maximum atomic E-state index is 12.8. The van der Waals surface area contributed by atoms with Crippen LogP contribution in [0.15, 0.2) is 0 Å². The van der Waals surface area contributed by atoms with Gasteiger partial charge in [0.15, 0.2) is 0 Å². The number of hydrogen-bond donors (Lipinski definition) is 5. The van der Waals surface area contributed by atoms with E-state index in [4.69, 9.17) is 5.11 Å². The Bertz CT molecular complexity index is 559. The number of carboxylic acids is 1. The Morgan fingerprint density at radius 1 is 0.964 bits per heavy atom. The van der Waals surface area contributed by atoms with Crippen molar-refractivity contribution in [2.45, 2.75) is 71.5 Å². The van der Waals surface area contributed by atoms with Crippen LogP contribution in [0, 0.1) is 11.8 Å². The van der Waals surface area contributed by atoms with Gasteiger partial charge in [0, 0.05) is 0 Å². The summed E-state index contributed by atoms with van der Waals surface area (Å²) in [6.07, 6.45) is 2.45. The van der Waals surface area contributed by atoms with Gasteiger partial charge in [-0.3, -0.25) is 19.2 Å². The van der Waals surface area contributed by atoms with Crippen molar-refractivity contribution in [3.8, 4) is 0 Å². The Balaban J connectivity index is 2.79. The Morgan fingerprint density at radius 2 is 1.54 bits per heavy atom. The highest BCUT2D eigenvalue weighted by atomic mass is 16.4. The molecule has 3 amide bonds. The van der Waals surface area contributed by atoms with Crippen LogP contribution in [-0.4, -0.2) is 60.0 Å². The maximum Gasteiger partial charge on any atom is 0.322 e. The summed E-state index contributed by atoms with van der Waals surface area (Å²) < 4.78 is 0. The normalized spacial score (nSPS) is 18.6. The van der Waals surface area contributed by atoms with E-state index >= 15 is 0 Å². The number of aliphatic carboxylic acids is 1. The molecule has 1 rings (SSSR count). The third-order valence-electron chi connectivity index (χ3n) is 4.47. The van der Waals surface area contributed by atoms with Crippen molar-refractivity contribution >= 4 is 23.7 Å². The lowest BCUT2D eigenvalue weighted by Gasteiger charge is -2.25. The Kier molecular flexibility index (Phi) is 9.92. The first kappa shape index (κ1) is 23.9. The van der Waals surface area contributed by atoms with Crippen molar-refractivity contribution in [1.82, 2.24) is 21.3 Å². The van der Waals surface area contributed by atoms with E-state index < -0.39 is 36.4 Å². The highest BCUT2D eigenvalue weighted by Crippen LogP contribution is 2.11. The topological polar surface area (TPSA) is 137 Å². The number of carbonyl (C=O) groups excluding carboxylic acids is 3. The van der Waals surface area contributed by atoms with Crippen molar-refractivity contribution in [2.24, 2.45) is 11.8 Å². The highest BCUT2D eigenvalue weighted by Gasteiger charge is 2.30. The number of rotatable bonds is 11. The van der Waals surface area contributed by atoms with Crippen molar-refractivity contribution in [2.75, 3.05) is 13.1 Å². The van der Waals surface area contributed by atoms with Crippen molar-refractivity contribution in [3.05, 3.63) is 0 Å². The summed E-state index contributed by atoms with van der Waals surface area (Å²) in [5, 5.41) is 19.6. The van der Waals surface area contributed by atoms with E-state index in [-0.39, 0.29) is 23.8 Å². The van der Waals surface area contributed by atoms with Gasteiger partial charge in [0.05, 0.1) is 6.04 Å². The minimum absolute atomic E-state index is 0.113. The SMILES string of the molecule is CC(C)C[C@H](NC(=O)[C@H](CC(C)C)NC(=O)[C@@H]1CCCN1)C(=O)NCC(=O)O. The van der Waals surface area contributed by atoms with Crippen LogP contribution < -0.4 is 21.3 Å². The molecule has 0 aromatic heterocycles. The first-order valence-electron chi connectivity index (χ1n) is 9.93. The first-order valence-corrected chi connectivity index (χ1v) is 9.93. The van der Waals surface area contributed by atoms with Crippen molar-refractivity contribution < 1.29 is 24.3 Å². The molecule has 0 saturated carbocycles. The summed E-state index contributed by atoms with van der Waals surface area (Å²) in [7, 11) is 0. The molecule has 1 aliphatic rings. The molecule has 5 N–H and O–H groups in total. The molecule has 9 heteroatoms. The van der Waals surface area contributed by atoms with Crippen molar-refractivity contribution in [1.29, 1.82) is 0 Å². The third-order valence-corrected chi connectivity index (χ3v) is 4.47. The maximum absolute atomic E-state index is 12.8. The van der Waals surface area contributed by atoms with Gasteiger partial charge in [-0.1, -0.05) is 27.7 Å². The van der Waals surface area contributed by atoms with E-state index in [1.165, 1.54) is 0 Å². The minimum Gasteiger partial charge on any atom is -0.480 e. The van der Waals surface area contributed by atoms with Gasteiger partial charge in [-0.05, 0) is 44.1 Å². The number of nitrogens with one attached hydrogen (secondary N) is 4. The average molecular weight is 399 g/mol. The molecule has 0 unspecified atom stereocenters. The molecule has 0 radical (unpaired) electrons. The molecule has 3 atom stereocenters. The molecule has 0 aliphatic carbocycles. The molecule has 1 fully saturated rings. The van der Waals surface area contributed by atoms with Gasteiger partial charge in [0.2, 0.25) is 17.7 Å². The zero-order valence-electron chi connectivity index (χ0n) is 17.2. The molecule has 0 spiro atoms. The molecule has 28 heavy (non-hydrogen) atoms. The van der Waals surface area contributed by atoms with E-state index in [0.717, 1.165) is 19.4 Å². The van der Waals surface area contributed by atoms with Crippen LogP contribution in [0.3, 0.4) is 0 Å². The van der Waals surface area contributed by atoms with E-state index in [9.17, 15) is 19.2 Å². The fourth-order valence-electron chi connectivity index (χ4n) is 3.14. The predicted octanol–water partition coefficient (Wildman–Crippen LogP) is 0.00100.